The molecule has 4 aromatic rings. The van der Waals surface area contributed by atoms with Crippen LogP contribution in [0.2, 0.25) is 0 Å². The quantitative estimate of drug-likeness (QED) is 0.569. The van der Waals surface area contributed by atoms with Crippen LogP contribution < -0.4 is 0 Å². The molecule has 4 rings (SSSR count). The summed E-state index contributed by atoms with van der Waals surface area (Å²) in [4.78, 5) is 11.6. The van der Waals surface area contributed by atoms with Crippen molar-refractivity contribution in [2.24, 2.45) is 0 Å². The highest BCUT2D eigenvalue weighted by atomic mass is 19.4. The van der Waals surface area contributed by atoms with E-state index in [0.29, 0.717) is 22.7 Å². The second-order valence-corrected chi connectivity index (χ2v) is 5.21. The normalized spacial score (nSPS) is 12.0. The second-order valence-electron chi connectivity index (χ2n) is 5.21. The SMILES string of the molecule is FC(F)(F)c1ccc2cc(-c3nccc(-c4ccc[nH]4)n3)oc2c1. The lowest BCUT2D eigenvalue weighted by molar-refractivity contribution is -0.137. The maximum Gasteiger partial charge on any atom is 0.416 e. The fraction of sp³-hybridized carbons (Fsp3) is 0.0588. The van der Waals surface area contributed by atoms with Gasteiger partial charge in [0.05, 0.1) is 17.0 Å². The predicted molar refractivity (Wildman–Crippen MR) is 82.0 cm³/mol. The summed E-state index contributed by atoms with van der Waals surface area (Å²) in [5.41, 5.74) is 0.876. The zero-order chi connectivity index (χ0) is 16.7. The van der Waals surface area contributed by atoms with Crippen molar-refractivity contribution in [1.82, 2.24) is 15.0 Å². The van der Waals surface area contributed by atoms with Crippen LogP contribution in [0, 0.1) is 0 Å². The highest BCUT2D eigenvalue weighted by Gasteiger charge is 2.31. The molecule has 3 aromatic heterocycles. The second kappa shape index (κ2) is 5.23. The predicted octanol–water partition coefficient (Wildman–Crippen LogP) is 4.90. The number of aromatic amines is 1. The van der Waals surface area contributed by atoms with E-state index in [2.05, 4.69) is 15.0 Å². The molecule has 0 aliphatic heterocycles. The van der Waals surface area contributed by atoms with Crippen molar-refractivity contribution in [3.63, 3.8) is 0 Å². The molecule has 1 N–H and O–H groups in total. The van der Waals surface area contributed by atoms with Gasteiger partial charge < -0.3 is 9.40 Å². The van der Waals surface area contributed by atoms with Gasteiger partial charge in [-0.25, -0.2) is 9.97 Å². The smallest absolute Gasteiger partial charge is 0.416 e. The topological polar surface area (TPSA) is 54.7 Å². The number of hydrogen-bond donors (Lipinski definition) is 1. The van der Waals surface area contributed by atoms with E-state index in [9.17, 15) is 13.2 Å². The van der Waals surface area contributed by atoms with Crippen molar-refractivity contribution in [2.45, 2.75) is 6.18 Å². The van der Waals surface area contributed by atoms with Gasteiger partial charge in [-0.2, -0.15) is 13.2 Å². The van der Waals surface area contributed by atoms with Gasteiger partial charge in [-0.15, -0.1) is 0 Å². The molecule has 4 nitrogen and oxygen atoms in total. The van der Waals surface area contributed by atoms with Crippen molar-refractivity contribution < 1.29 is 17.6 Å². The Hall–Kier alpha value is -3.09. The van der Waals surface area contributed by atoms with Crippen LogP contribution in [0.1, 0.15) is 5.56 Å². The van der Waals surface area contributed by atoms with Crippen molar-refractivity contribution in [2.75, 3.05) is 0 Å². The standard InChI is InChI=1S/C17H10F3N3O/c18-17(19,20)11-4-3-10-8-15(24-14(10)9-11)16-22-7-5-13(23-16)12-2-1-6-21-12/h1-9,21H. The number of H-pyrrole nitrogens is 1. The number of rotatable bonds is 2. The minimum Gasteiger partial charge on any atom is -0.453 e. The van der Waals surface area contributed by atoms with Gasteiger partial charge in [0, 0.05) is 17.8 Å². The molecule has 0 amide bonds. The van der Waals surface area contributed by atoms with Gasteiger partial charge in [-0.3, -0.25) is 0 Å². The summed E-state index contributed by atoms with van der Waals surface area (Å²) in [5, 5.41) is 0.562. The molecule has 3 heterocycles. The molecule has 7 heteroatoms. The van der Waals surface area contributed by atoms with E-state index in [4.69, 9.17) is 4.42 Å². The van der Waals surface area contributed by atoms with Gasteiger partial charge >= 0.3 is 6.18 Å². The van der Waals surface area contributed by atoms with Crippen LogP contribution in [0.15, 0.2) is 59.3 Å². The van der Waals surface area contributed by atoms with Crippen molar-refractivity contribution in [3.8, 4) is 23.0 Å². The molecule has 0 saturated heterocycles. The third-order valence-electron chi connectivity index (χ3n) is 3.60. The molecule has 0 saturated carbocycles. The van der Waals surface area contributed by atoms with E-state index >= 15 is 0 Å². The van der Waals surface area contributed by atoms with E-state index in [-0.39, 0.29) is 5.58 Å². The molecular weight excluding hydrogens is 319 g/mol. The highest BCUT2D eigenvalue weighted by molar-refractivity contribution is 5.82. The van der Waals surface area contributed by atoms with Gasteiger partial charge in [0.25, 0.3) is 0 Å². The third kappa shape index (κ3) is 2.54. The molecule has 0 bridgehead atoms. The summed E-state index contributed by atoms with van der Waals surface area (Å²) in [6, 6.07) is 10.5. The summed E-state index contributed by atoms with van der Waals surface area (Å²) < 4.78 is 43.9. The first-order chi connectivity index (χ1) is 11.5. The molecule has 0 aliphatic rings. The lowest BCUT2D eigenvalue weighted by atomic mass is 10.1. The van der Waals surface area contributed by atoms with Crippen molar-refractivity contribution in [1.29, 1.82) is 0 Å². The lowest BCUT2D eigenvalue weighted by Gasteiger charge is -2.04. The Morgan fingerprint density at radius 1 is 1.04 bits per heavy atom. The number of fused-ring (bicyclic) bond motifs is 1. The molecule has 0 unspecified atom stereocenters. The van der Waals surface area contributed by atoms with E-state index in [0.717, 1.165) is 17.8 Å². The monoisotopic (exact) mass is 329 g/mol. The molecule has 0 spiro atoms. The number of halogens is 3. The van der Waals surface area contributed by atoms with Gasteiger partial charge in [-0.1, -0.05) is 6.07 Å². The first kappa shape index (κ1) is 14.5. The Morgan fingerprint density at radius 3 is 2.67 bits per heavy atom. The average Bonchev–Trinajstić information content (AvgIpc) is 3.23. The summed E-state index contributed by atoms with van der Waals surface area (Å²) in [6.07, 6.45) is -1.06. The first-order valence-electron chi connectivity index (χ1n) is 7.09. The lowest BCUT2D eigenvalue weighted by Crippen LogP contribution is -2.03. The number of furan rings is 1. The van der Waals surface area contributed by atoms with Crippen LogP contribution in [0.25, 0.3) is 33.9 Å². The van der Waals surface area contributed by atoms with Gasteiger partial charge in [0.15, 0.2) is 11.6 Å². The molecule has 0 atom stereocenters. The number of nitrogens with zero attached hydrogens (tertiary/aromatic N) is 2. The zero-order valence-corrected chi connectivity index (χ0v) is 12.1. The number of nitrogens with one attached hydrogen (secondary N) is 1. The van der Waals surface area contributed by atoms with Crippen LogP contribution in [0.5, 0.6) is 0 Å². The zero-order valence-electron chi connectivity index (χ0n) is 12.1. The third-order valence-corrected chi connectivity index (χ3v) is 3.60. The molecule has 24 heavy (non-hydrogen) atoms. The summed E-state index contributed by atoms with van der Waals surface area (Å²) in [5.74, 6) is 0.629. The minimum absolute atomic E-state index is 0.147. The van der Waals surface area contributed by atoms with Gasteiger partial charge in [-0.05, 0) is 36.4 Å². The molecule has 1 aromatic carbocycles. The van der Waals surface area contributed by atoms with Crippen LogP contribution in [0.3, 0.4) is 0 Å². The van der Waals surface area contributed by atoms with E-state index < -0.39 is 11.7 Å². The summed E-state index contributed by atoms with van der Waals surface area (Å²) in [6.45, 7) is 0. The van der Waals surface area contributed by atoms with E-state index in [1.54, 1.807) is 24.5 Å². The summed E-state index contributed by atoms with van der Waals surface area (Å²) >= 11 is 0. The molecule has 0 radical (unpaired) electrons. The molecule has 0 aliphatic carbocycles. The minimum atomic E-state index is -4.41. The number of alkyl halides is 3. The van der Waals surface area contributed by atoms with Crippen LogP contribution in [-0.2, 0) is 6.18 Å². The van der Waals surface area contributed by atoms with E-state index in [1.807, 2.05) is 12.1 Å². The Labute approximate surface area is 134 Å². The van der Waals surface area contributed by atoms with Crippen molar-refractivity contribution in [3.05, 3.63) is 60.4 Å². The molecule has 0 fully saturated rings. The number of benzene rings is 1. The van der Waals surface area contributed by atoms with Crippen LogP contribution >= 0.6 is 0 Å². The molecular formula is C17H10F3N3O. The average molecular weight is 329 g/mol. The maximum absolute atomic E-state index is 12.8. The Balaban J connectivity index is 1.78. The first-order valence-corrected chi connectivity index (χ1v) is 7.09. The largest absolute Gasteiger partial charge is 0.453 e. The Morgan fingerprint density at radius 2 is 1.92 bits per heavy atom. The van der Waals surface area contributed by atoms with Crippen LogP contribution in [0.4, 0.5) is 13.2 Å². The number of hydrogen-bond acceptors (Lipinski definition) is 3. The van der Waals surface area contributed by atoms with Gasteiger partial charge in [0.1, 0.15) is 5.58 Å². The van der Waals surface area contributed by atoms with Crippen molar-refractivity contribution >= 4 is 11.0 Å². The van der Waals surface area contributed by atoms with Crippen LogP contribution in [-0.4, -0.2) is 15.0 Å². The highest BCUT2D eigenvalue weighted by Crippen LogP contribution is 2.34. The van der Waals surface area contributed by atoms with E-state index in [1.165, 1.54) is 6.07 Å². The maximum atomic E-state index is 12.8. The van der Waals surface area contributed by atoms with Gasteiger partial charge in [0.2, 0.25) is 0 Å². The fourth-order valence-electron chi connectivity index (χ4n) is 2.43. The Bertz CT molecular complexity index is 1000. The molecule has 120 valence electrons. The fourth-order valence-corrected chi connectivity index (χ4v) is 2.43. The number of aromatic nitrogens is 3. The Kier molecular flexibility index (Phi) is 3.16. The summed E-state index contributed by atoms with van der Waals surface area (Å²) in [7, 11) is 0.